The summed E-state index contributed by atoms with van der Waals surface area (Å²) in [6.45, 7) is 3.63. The van der Waals surface area contributed by atoms with E-state index < -0.39 is 9.05 Å². The highest BCUT2D eigenvalue weighted by Gasteiger charge is 2.28. The van der Waals surface area contributed by atoms with Crippen LogP contribution in [-0.4, -0.2) is 14.5 Å². The van der Waals surface area contributed by atoms with Crippen LogP contribution in [0.5, 0.6) is 5.75 Å². The van der Waals surface area contributed by atoms with Crippen molar-refractivity contribution in [3.8, 4) is 5.75 Å². The maximum atomic E-state index is 11.4. The van der Waals surface area contributed by atoms with Gasteiger partial charge in [-0.3, -0.25) is 0 Å². The van der Waals surface area contributed by atoms with Crippen molar-refractivity contribution in [1.82, 2.24) is 0 Å². The minimum Gasteiger partial charge on any atom is -0.486 e. The van der Waals surface area contributed by atoms with Gasteiger partial charge in [0, 0.05) is 33.6 Å². The number of aryl methyl sites for hydroxylation is 1. The summed E-state index contributed by atoms with van der Waals surface area (Å²) in [4.78, 5) is 0. The fourth-order valence-corrected chi connectivity index (χ4v) is 3.45. The van der Waals surface area contributed by atoms with Crippen molar-refractivity contribution in [3.05, 3.63) is 23.3 Å². The van der Waals surface area contributed by atoms with Crippen molar-refractivity contribution in [2.24, 2.45) is 0 Å². The van der Waals surface area contributed by atoms with Crippen LogP contribution in [-0.2, 0) is 15.5 Å². The molecule has 18 heavy (non-hydrogen) atoms. The molecule has 6 heteroatoms. The molecule has 2 heterocycles. The molecule has 1 atom stereocenters. The summed E-state index contributed by atoms with van der Waals surface area (Å²) in [5.41, 5.74) is 2.02. The Morgan fingerprint density at radius 1 is 1.39 bits per heavy atom. The third kappa shape index (κ3) is 1.61. The van der Waals surface area contributed by atoms with Crippen LogP contribution in [0.1, 0.15) is 18.1 Å². The summed E-state index contributed by atoms with van der Waals surface area (Å²) < 4.78 is 33.9. The molecular formula is C12H11ClO4S. The predicted molar refractivity (Wildman–Crippen MR) is 67.8 cm³/mol. The van der Waals surface area contributed by atoms with Crippen molar-refractivity contribution in [1.29, 1.82) is 0 Å². The van der Waals surface area contributed by atoms with Gasteiger partial charge in [0.05, 0.1) is 0 Å². The monoisotopic (exact) mass is 286 g/mol. The first-order valence-electron chi connectivity index (χ1n) is 5.54. The number of benzene rings is 1. The minimum absolute atomic E-state index is 0.0760. The molecule has 1 aliphatic heterocycles. The normalized spacial score (nSPS) is 18.9. The van der Waals surface area contributed by atoms with Crippen LogP contribution in [0.25, 0.3) is 11.0 Å². The summed E-state index contributed by atoms with van der Waals surface area (Å²) in [5, 5.41) is 0.526. The van der Waals surface area contributed by atoms with E-state index in [1.807, 2.05) is 19.1 Å². The van der Waals surface area contributed by atoms with E-state index in [4.69, 9.17) is 19.8 Å². The largest absolute Gasteiger partial charge is 0.486 e. The SMILES string of the molecule is Cc1c(S(=O)(=O)Cl)oc2c3c(ccc12)CC(C)O3. The summed E-state index contributed by atoms with van der Waals surface area (Å²) in [6, 6.07) is 3.79. The Hall–Kier alpha value is -1.20. The number of rotatable bonds is 1. The van der Waals surface area contributed by atoms with Crippen LogP contribution in [0.15, 0.2) is 21.6 Å². The second-order valence-electron chi connectivity index (χ2n) is 4.52. The number of ether oxygens (including phenoxy) is 1. The van der Waals surface area contributed by atoms with Crippen LogP contribution in [0, 0.1) is 6.92 Å². The summed E-state index contributed by atoms with van der Waals surface area (Å²) in [7, 11) is 1.48. The van der Waals surface area contributed by atoms with E-state index in [1.165, 1.54) is 0 Å². The second kappa shape index (κ2) is 3.65. The lowest BCUT2D eigenvalue weighted by Gasteiger charge is -2.02. The molecule has 0 bridgehead atoms. The summed E-state index contributed by atoms with van der Waals surface area (Å²) >= 11 is 0. The molecule has 0 radical (unpaired) electrons. The van der Waals surface area contributed by atoms with Gasteiger partial charge in [-0.1, -0.05) is 12.1 Å². The van der Waals surface area contributed by atoms with Crippen LogP contribution < -0.4 is 4.74 Å². The standard InChI is InChI=1S/C12H11ClO4S/c1-6-5-8-3-4-9-7(2)12(18(13,14)15)17-11(9)10(8)16-6/h3-4,6H,5H2,1-2H3. The van der Waals surface area contributed by atoms with Crippen LogP contribution in [0.3, 0.4) is 0 Å². The average molecular weight is 287 g/mol. The highest BCUT2D eigenvalue weighted by Crippen LogP contribution is 2.41. The van der Waals surface area contributed by atoms with Gasteiger partial charge in [0.15, 0.2) is 11.3 Å². The zero-order valence-corrected chi connectivity index (χ0v) is 11.4. The van der Waals surface area contributed by atoms with E-state index >= 15 is 0 Å². The Morgan fingerprint density at radius 2 is 2.11 bits per heavy atom. The molecular weight excluding hydrogens is 276 g/mol. The molecule has 0 spiro atoms. The van der Waals surface area contributed by atoms with Gasteiger partial charge in [0.2, 0.25) is 5.09 Å². The fourth-order valence-electron chi connectivity index (χ4n) is 2.35. The van der Waals surface area contributed by atoms with E-state index in [0.717, 1.165) is 17.4 Å². The van der Waals surface area contributed by atoms with Crippen LogP contribution in [0.4, 0.5) is 0 Å². The Labute approximate surface area is 109 Å². The summed E-state index contributed by atoms with van der Waals surface area (Å²) in [5.74, 6) is 0.634. The first-order chi connectivity index (χ1) is 8.38. The quantitative estimate of drug-likeness (QED) is 0.756. The van der Waals surface area contributed by atoms with Crippen LogP contribution in [0.2, 0.25) is 0 Å². The Kier molecular flexibility index (Phi) is 2.40. The average Bonchev–Trinajstić information content (AvgIpc) is 2.77. The molecule has 0 saturated carbocycles. The predicted octanol–water partition coefficient (Wildman–Crippen LogP) is 2.99. The number of hydrogen-bond donors (Lipinski definition) is 0. The smallest absolute Gasteiger partial charge is 0.294 e. The highest BCUT2D eigenvalue weighted by molar-refractivity contribution is 8.13. The lowest BCUT2D eigenvalue weighted by Crippen LogP contribution is -2.05. The van der Waals surface area contributed by atoms with E-state index in [2.05, 4.69) is 0 Å². The molecule has 0 saturated heterocycles. The molecule has 96 valence electrons. The number of fused-ring (bicyclic) bond motifs is 3. The molecule has 0 aliphatic carbocycles. The van der Waals surface area contributed by atoms with Gasteiger partial charge in [-0.25, -0.2) is 8.42 Å². The van der Waals surface area contributed by atoms with Crippen molar-refractivity contribution in [2.75, 3.05) is 0 Å². The van der Waals surface area contributed by atoms with Gasteiger partial charge in [0.25, 0.3) is 9.05 Å². The van der Waals surface area contributed by atoms with Crippen molar-refractivity contribution >= 4 is 30.7 Å². The maximum absolute atomic E-state index is 11.4. The topological polar surface area (TPSA) is 56.5 Å². The first kappa shape index (κ1) is 11.9. The van der Waals surface area contributed by atoms with Crippen LogP contribution >= 0.6 is 10.7 Å². The van der Waals surface area contributed by atoms with Crippen molar-refractivity contribution in [2.45, 2.75) is 31.5 Å². The first-order valence-corrected chi connectivity index (χ1v) is 7.85. The molecule has 2 aromatic rings. The molecule has 3 rings (SSSR count). The van der Waals surface area contributed by atoms with E-state index in [9.17, 15) is 8.42 Å². The summed E-state index contributed by atoms with van der Waals surface area (Å²) in [6.07, 6.45) is 0.876. The van der Waals surface area contributed by atoms with E-state index in [-0.39, 0.29) is 11.2 Å². The third-order valence-corrected chi connectivity index (χ3v) is 4.40. The van der Waals surface area contributed by atoms with Gasteiger partial charge in [-0.05, 0) is 13.8 Å². The lowest BCUT2D eigenvalue weighted by atomic mass is 10.1. The van der Waals surface area contributed by atoms with Gasteiger partial charge in [0.1, 0.15) is 6.10 Å². The Balaban J connectivity index is 2.36. The Bertz CT molecular complexity index is 745. The van der Waals surface area contributed by atoms with E-state index in [1.54, 1.807) is 6.92 Å². The van der Waals surface area contributed by atoms with Crippen molar-refractivity contribution < 1.29 is 17.6 Å². The molecule has 1 aromatic carbocycles. The minimum atomic E-state index is -3.88. The second-order valence-corrected chi connectivity index (χ2v) is 6.98. The molecule has 4 nitrogen and oxygen atoms in total. The number of furan rings is 1. The zero-order chi connectivity index (χ0) is 13.1. The molecule has 1 aromatic heterocycles. The van der Waals surface area contributed by atoms with Gasteiger partial charge >= 0.3 is 0 Å². The molecule has 0 amide bonds. The van der Waals surface area contributed by atoms with Crippen molar-refractivity contribution in [3.63, 3.8) is 0 Å². The maximum Gasteiger partial charge on any atom is 0.294 e. The molecule has 0 N–H and O–H groups in total. The number of hydrogen-bond acceptors (Lipinski definition) is 4. The van der Waals surface area contributed by atoms with Gasteiger partial charge in [-0.15, -0.1) is 0 Å². The molecule has 1 unspecified atom stereocenters. The highest BCUT2D eigenvalue weighted by atomic mass is 35.7. The van der Waals surface area contributed by atoms with Gasteiger partial charge in [-0.2, -0.15) is 0 Å². The van der Waals surface area contributed by atoms with E-state index in [0.29, 0.717) is 16.9 Å². The molecule has 1 aliphatic rings. The zero-order valence-electron chi connectivity index (χ0n) is 9.86. The Morgan fingerprint density at radius 3 is 2.78 bits per heavy atom. The molecule has 0 fully saturated rings. The van der Waals surface area contributed by atoms with Gasteiger partial charge < -0.3 is 9.15 Å². The number of halogens is 1. The third-order valence-electron chi connectivity index (χ3n) is 3.15. The fraction of sp³-hybridized carbons (Fsp3) is 0.333. The lowest BCUT2D eigenvalue weighted by molar-refractivity contribution is 0.253.